The molecule has 0 amide bonds. The van der Waals surface area contributed by atoms with Crippen LogP contribution in [0.5, 0.6) is 11.5 Å². The summed E-state index contributed by atoms with van der Waals surface area (Å²) >= 11 is 0. The zero-order valence-electron chi connectivity index (χ0n) is 11.7. The van der Waals surface area contributed by atoms with Gasteiger partial charge >= 0.3 is 0 Å². The summed E-state index contributed by atoms with van der Waals surface area (Å²) in [6, 6.07) is 9.70. The number of carbonyl (C=O) groups excluding carboxylic acids is 1. The number of hydrogen-bond acceptors (Lipinski definition) is 3. The third-order valence-corrected chi connectivity index (χ3v) is 3.54. The predicted molar refractivity (Wildman–Crippen MR) is 76.4 cm³/mol. The van der Waals surface area contributed by atoms with E-state index < -0.39 is 0 Å². The van der Waals surface area contributed by atoms with Gasteiger partial charge in [0.15, 0.2) is 5.78 Å². The van der Waals surface area contributed by atoms with E-state index in [1.807, 2.05) is 6.92 Å². The van der Waals surface area contributed by atoms with Gasteiger partial charge in [0.05, 0.1) is 12.2 Å². The van der Waals surface area contributed by atoms with Gasteiger partial charge in [-0.1, -0.05) is 12.1 Å². The number of ketones is 1. The molecule has 108 valence electrons. The molecule has 2 aromatic rings. The third kappa shape index (κ3) is 2.75. The van der Waals surface area contributed by atoms with Crippen LogP contribution < -0.4 is 9.47 Å². The van der Waals surface area contributed by atoms with Crippen LogP contribution in [-0.4, -0.2) is 12.4 Å². The first-order valence-corrected chi connectivity index (χ1v) is 6.82. The maximum absolute atomic E-state index is 12.8. The van der Waals surface area contributed by atoms with Gasteiger partial charge in [-0.3, -0.25) is 4.79 Å². The minimum absolute atomic E-state index is 0.101. The maximum atomic E-state index is 12.8. The molecule has 2 aromatic carbocycles. The fraction of sp³-hybridized carbons (Fsp3) is 0.235. The zero-order chi connectivity index (χ0) is 14.8. The summed E-state index contributed by atoms with van der Waals surface area (Å²) in [4.78, 5) is 11.8. The van der Waals surface area contributed by atoms with E-state index in [0.29, 0.717) is 36.7 Å². The second-order valence-electron chi connectivity index (χ2n) is 5.00. The quantitative estimate of drug-likeness (QED) is 0.863. The minimum atomic E-state index is -0.268. The normalized spacial score (nSPS) is 13.5. The van der Waals surface area contributed by atoms with Crippen molar-refractivity contribution >= 4 is 5.78 Å². The molecule has 1 aliphatic rings. The van der Waals surface area contributed by atoms with E-state index in [4.69, 9.17) is 9.47 Å². The number of benzene rings is 2. The Kier molecular flexibility index (Phi) is 3.60. The maximum Gasteiger partial charge on any atom is 0.170 e. The molecule has 0 unspecified atom stereocenters. The van der Waals surface area contributed by atoms with Crippen molar-refractivity contribution in [2.75, 3.05) is 6.61 Å². The van der Waals surface area contributed by atoms with Crippen molar-refractivity contribution in [2.45, 2.75) is 20.0 Å². The van der Waals surface area contributed by atoms with Crippen molar-refractivity contribution in [3.05, 3.63) is 58.9 Å². The molecule has 0 bridgehead atoms. The Morgan fingerprint density at radius 3 is 2.71 bits per heavy atom. The minimum Gasteiger partial charge on any atom is -0.492 e. The lowest BCUT2D eigenvalue weighted by Gasteiger charge is -2.20. The van der Waals surface area contributed by atoms with Crippen molar-refractivity contribution in [1.82, 2.24) is 0 Å². The Balaban J connectivity index is 1.80. The van der Waals surface area contributed by atoms with Crippen LogP contribution >= 0.6 is 0 Å². The molecule has 0 radical (unpaired) electrons. The van der Waals surface area contributed by atoms with Gasteiger partial charge < -0.3 is 9.47 Å². The first kappa shape index (κ1) is 13.6. The summed E-state index contributed by atoms with van der Waals surface area (Å²) in [5.41, 5.74) is 2.32. The van der Waals surface area contributed by atoms with E-state index in [-0.39, 0.29) is 11.6 Å². The number of Topliss-reactive ketones (excluding diaryl/α,β-unsaturated/α-hetero) is 1. The van der Waals surface area contributed by atoms with Crippen LogP contribution in [0.3, 0.4) is 0 Å². The predicted octanol–water partition coefficient (Wildman–Crippen LogP) is 3.68. The monoisotopic (exact) mass is 286 g/mol. The zero-order valence-corrected chi connectivity index (χ0v) is 11.7. The molecule has 1 aliphatic heterocycles. The molecule has 0 fully saturated rings. The third-order valence-electron chi connectivity index (χ3n) is 3.54. The topological polar surface area (TPSA) is 35.5 Å². The highest BCUT2D eigenvalue weighted by Crippen LogP contribution is 2.35. The molecule has 0 spiro atoms. The van der Waals surface area contributed by atoms with E-state index in [1.165, 1.54) is 12.1 Å². The second kappa shape index (κ2) is 5.56. The number of hydrogen-bond donors (Lipinski definition) is 0. The Bertz CT molecular complexity index is 677. The van der Waals surface area contributed by atoms with Crippen molar-refractivity contribution in [3.8, 4) is 11.5 Å². The number of fused-ring (bicyclic) bond motifs is 1. The van der Waals surface area contributed by atoms with Gasteiger partial charge in [0.25, 0.3) is 0 Å². The van der Waals surface area contributed by atoms with Gasteiger partial charge in [0.1, 0.15) is 23.9 Å². The number of carbonyl (C=O) groups is 1. The van der Waals surface area contributed by atoms with Crippen LogP contribution in [-0.2, 0) is 6.61 Å². The fourth-order valence-corrected chi connectivity index (χ4v) is 2.36. The van der Waals surface area contributed by atoms with Gasteiger partial charge in [-0.05, 0) is 36.8 Å². The summed E-state index contributed by atoms with van der Waals surface area (Å²) in [5, 5.41) is 0. The molecule has 3 rings (SSSR count). The van der Waals surface area contributed by atoms with Crippen LogP contribution in [0, 0.1) is 12.7 Å². The van der Waals surface area contributed by atoms with Gasteiger partial charge in [0, 0.05) is 12.0 Å². The smallest absolute Gasteiger partial charge is 0.170 e. The summed E-state index contributed by atoms with van der Waals surface area (Å²) in [6.45, 7) is 2.62. The van der Waals surface area contributed by atoms with Gasteiger partial charge in [0.2, 0.25) is 0 Å². The van der Waals surface area contributed by atoms with Gasteiger partial charge in [-0.25, -0.2) is 4.39 Å². The molecular formula is C17H15FO3. The standard InChI is InChI=1S/C17H15FO3/c1-11-16(21-10-12-2-4-13(18)5-3-12)7-6-14-15(19)8-9-20-17(11)14/h2-7H,8-10H2,1H3. The SMILES string of the molecule is Cc1c(OCc2ccc(F)cc2)ccc2c1OCCC2=O. The highest BCUT2D eigenvalue weighted by Gasteiger charge is 2.22. The van der Waals surface area contributed by atoms with Gasteiger partial charge in [-0.2, -0.15) is 0 Å². The molecule has 0 N–H and O–H groups in total. The molecule has 0 aromatic heterocycles. The first-order valence-electron chi connectivity index (χ1n) is 6.82. The van der Waals surface area contributed by atoms with Crippen LogP contribution in [0.2, 0.25) is 0 Å². The van der Waals surface area contributed by atoms with Crippen LogP contribution in [0.1, 0.15) is 27.9 Å². The van der Waals surface area contributed by atoms with E-state index in [1.54, 1.807) is 24.3 Å². The summed E-state index contributed by atoms with van der Waals surface area (Å²) in [6.07, 6.45) is 0.419. The average molecular weight is 286 g/mol. The van der Waals surface area contributed by atoms with Crippen LogP contribution in [0.15, 0.2) is 36.4 Å². The molecule has 3 nitrogen and oxygen atoms in total. The van der Waals surface area contributed by atoms with E-state index >= 15 is 0 Å². The summed E-state index contributed by atoms with van der Waals surface area (Å²) < 4.78 is 24.2. The second-order valence-corrected chi connectivity index (χ2v) is 5.00. The Morgan fingerprint density at radius 1 is 1.19 bits per heavy atom. The van der Waals surface area contributed by atoms with Crippen molar-refractivity contribution in [1.29, 1.82) is 0 Å². The number of ether oxygens (including phenoxy) is 2. The molecule has 1 heterocycles. The molecule has 0 atom stereocenters. The van der Waals surface area contributed by atoms with Crippen LogP contribution in [0.4, 0.5) is 4.39 Å². The Labute approximate surface area is 122 Å². The highest BCUT2D eigenvalue weighted by molar-refractivity contribution is 6.00. The lowest BCUT2D eigenvalue weighted by atomic mass is 10.0. The number of rotatable bonds is 3. The van der Waals surface area contributed by atoms with E-state index in [2.05, 4.69) is 0 Å². The lowest BCUT2D eigenvalue weighted by Crippen LogP contribution is -2.16. The molecule has 0 saturated heterocycles. The van der Waals surface area contributed by atoms with Gasteiger partial charge in [-0.15, -0.1) is 0 Å². The Morgan fingerprint density at radius 2 is 1.95 bits per heavy atom. The van der Waals surface area contributed by atoms with Crippen molar-refractivity contribution in [3.63, 3.8) is 0 Å². The molecule has 0 aliphatic carbocycles. The van der Waals surface area contributed by atoms with Crippen molar-refractivity contribution < 1.29 is 18.7 Å². The first-order chi connectivity index (χ1) is 10.1. The summed E-state index contributed by atoms with van der Waals surface area (Å²) in [7, 11) is 0. The highest BCUT2D eigenvalue weighted by atomic mass is 19.1. The van der Waals surface area contributed by atoms with E-state index in [0.717, 1.165) is 11.1 Å². The molecular weight excluding hydrogens is 271 g/mol. The average Bonchev–Trinajstić information content (AvgIpc) is 2.49. The lowest BCUT2D eigenvalue weighted by molar-refractivity contribution is 0.0932. The molecule has 4 heteroatoms. The van der Waals surface area contributed by atoms with Crippen LogP contribution in [0.25, 0.3) is 0 Å². The van der Waals surface area contributed by atoms with Crippen molar-refractivity contribution in [2.24, 2.45) is 0 Å². The Hall–Kier alpha value is -2.36. The largest absolute Gasteiger partial charge is 0.492 e. The van der Waals surface area contributed by atoms with E-state index in [9.17, 15) is 9.18 Å². The summed E-state index contributed by atoms with van der Waals surface area (Å²) in [5.74, 6) is 1.12. The number of halogens is 1. The fourth-order valence-electron chi connectivity index (χ4n) is 2.36. The molecule has 21 heavy (non-hydrogen) atoms. The molecule has 0 saturated carbocycles.